The van der Waals surface area contributed by atoms with E-state index in [1.807, 2.05) is 26.0 Å². The van der Waals surface area contributed by atoms with Crippen LogP contribution in [-0.2, 0) is 17.8 Å². The van der Waals surface area contributed by atoms with Gasteiger partial charge in [0.2, 0.25) is 0 Å². The molecule has 69 heavy (non-hydrogen) atoms. The molecular formula is C52H44F6N2O9. The van der Waals surface area contributed by atoms with Gasteiger partial charge in [0.25, 0.3) is 11.8 Å². The topological polar surface area (TPSA) is 168 Å². The number of alkyl halides is 6. The van der Waals surface area contributed by atoms with Gasteiger partial charge in [0.1, 0.15) is 28.6 Å². The lowest BCUT2D eigenvalue weighted by atomic mass is 9.76. The first-order valence-corrected chi connectivity index (χ1v) is 20.9. The Bertz CT molecular complexity index is 3050. The van der Waals surface area contributed by atoms with Crippen LogP contribution in [-0.4, -0.2) is 46.8 Å². The number of hydrogen-bond donors (Lipinski definition) is 4. The van der Waals surface area contributed by atoms with E-state index in [9.17, 15) is 60.5 Å². The number of amides is 2. The molecule has 0 bridgehead atoms. The summed E-state index contributed by atoms with van der Waals surface area (Å²) < 4.78 is 97.7. The first-order chi connectivity index (χ1) is 32.1. The van der Waals surface area contributed by atoms with Crippen LogP contribution in [0.4, 0.5) is 32.0 Å². The van der Waals surface area contributed by atoms with Crippen LogP contribution in [0, 0.1) is 34.6 Å². The second-order valence-electron chi connectivity index (χ2n) is 16.9. The van der Waals surface area contributed by atoms with Crippen LogP contribution in [0.15, 0.2) is 97.1 Å². The minimum atomic E-state index is -5.03. The maximum atomic E-state index is 14.7. The minimum absolute atomic E-state index is 0.110. The molecule has 0 spiro atoms. The van der Waals surface area contributed by atoms with E-state index in [2.05, 4.69) is 10.6 Å². The summed E-state index contributed by atoms with van der Waals surface area (Å²) in [6.45, 7) is 12.2. The molecule has 6 aromatic carbocycles. The highest BCUT2D eigenvalue weighted by Gasteiger charge is 2.37. The number of anilines is 1. The maximum Gasteiger partial charge on any atom is 0.420 e. The van der Waals surface area contributed by atoms with Crippen molar-refractivity contribution in [3.8, 4) is 23.0 Å². The number of aromatic carboxylic acids is 2. The Morgan fingerprint density at radius 1 is 0.507 bits per heavy atom. The van der Waals surface area contributed by atoms with Crippen molar-refractivity contribution in [3.05, 3.63) is 181 Å². The second kappa shape index (κ2) is 19.0. The number of ketones is 1. The monoisotopic (exact) mass is 954 g/mol. The summed E-state index contributed by atoms with van der Waals surface area (Å²) in [6, 6.07) is 19.8. The number of carboxylic acid groups (broad SMARTS) is 2. The number of benzene rings is 6. The molecule has 11 nitrogen and oxygen atoms in total. The van der Waals surface area contributed by atoms with Gasteiger partial charge in [0, 0.05) is 29.3 Å². The van der Waals surface area contributed by atoms with Crippen LogP contribution in [0.3, 0.4) is 0 Å². The van der Waals surface area contributed by atoms with Gasteiger partial charge in [-0.05, 0) is 123 Å². The Balaban J connectivity index is 1.27. The number of aryl methyl sites for hydroxylation is 5. The summed E-state index contributed by atoms with van der Waals surface area (Å²) in [7, 11) is 1.25. The van der Waals surface area contributed by atoms with Crippen molar-refractivity contribution in [2.24, 2.45) is 0 Å². The molecule has 0 saturated carbocycles. The molecule has 0 atom stereocenters. The average Bonchev–Trinajstić information content (AvgIpc) is 3.27. The predicted octanol–water partition coefficient (Wildman–Crippen LogP) is 12.4. The quantitative estimate of drug-likeness (QED) is 0.0650. The number of halogens is 6. The number of carboxylic acids is 2. The third-order valence-electron chi connectivity index (χ3n) is 11.5. The Labute approximate surface area is 391 Å². The molecule has 6 rings (SSSR count). The normalized spacial score (nSPS) is 11.7. The van der Waals surface area contributed by atoms with Crippen molar-refractivity contribution in [2.45, 2.75) is 66.2 Å². The van der Waals surface area contributed by atoms with Crippen LogP contribution in [0.1, 0.15) is 121 Å². The third kappa shape index (κ3) is 10.6. The molecule has 0 aliphatic rings. The molecule has 0 radical (unpaired) electrons. The zero-order chi connectivity index (χ0) is 51.1. The van der Waals surface area contributed by atoms with Crippen LogP contribution in [0.5, 0.6) is 23.0 Å². The first-order valence-electron chi connectivity index (χ1n) is 20.9. The SMILES string of the molecule is CNC(=O)c1cc(C(=O)c2ccc(C(=O)O)c(C(=O)Nc3ccc(Oc4c(C)cc(C(C)(C)c5cc(C)c(Oc6ccc(C)cc6C(F)(F)F)c(C)c5)cc4C)c(C(F)(F)F)c3)c2)ccc1C(=O)O. The highest BCUT2D eigenvalue weighted by molar-refractivity contribution is 6.16. The zero-order valence-corrected chi connectivity index (χ0v) is 38.3. The molecular weight excluding hydrogens is 911 g/mol. The van der Waals surface area contributed by atoms with Gasteiger partial charge in [-0.15, -0.1) is 0 Å². The molecule has 0 fully saturated rings. The number of carbonyl (C=O) groups excluding carboxylic acids is 3. The Kier molecular flexibility index (Phi) is 13.9. The molecule has 4 N–H and O–H groups in total. The number of hydrogen-bond acceptors (Lipinski definition) is 7. The van der Waals surface area contributed by atoms with E-state index in [1.165, 1.54) is 19.2 Å². The van der Waals surface area contributed by atoms with Crippen LogP contribution in [0.2, 0.25) is 0 Å². The van der Waals surface area contributed by atoms with E-state index in [0.717, 1.165) is 65.7 Å². The van der Waals surface area contributed by atoms with Crippen molar-refractivity contribution in [1.29, 1.82) is 0 Å². The lowest BCUT2D eigenvalue weighted by molar-refractivity contribution is -0.139. The fourth-order valence-electron chi connectivity index (χ4n) is 7.82. The van der Waals surface area contributed by atoms with Crippen LogP contribution < -0.4 is 20.1 Å². The number of ether oxygens (including phenoxy) is 2. The molecule has 0 aliphatic heterocycles. The summed E-state index contributed by atoms with van der Waals surface area (Å²) in [5.41, 5.74) is -1.67. The van der Waals surface area contributed by atoms with Crippen molar-refractivity contribution >= 4 is 35.2 Å². The van der Waals surface area contributed by atoms with E-state index in [4.69, 9.17) is 9.47 Å². The summed E-state index contributed by atoms with van der Waals surface area (Å²) >= 11 is 0. The number of rotatable bonds is 13. The lowest BCUT2D eigenvalue weighted by Crippen LogP contribution is -2.22. The highest BCUT2D eigenvalue weighted by atomic mass is 19.4. The van der Waals surface area contributed by atoms with Gasteiger partial charge >= 0.3 is 24.3 Å². The molecule has 0 saturated heterocycles. The van der Waals surface area contributed by atoms with Gasteiger partial charge in [-0.1, -0.05) is 61.9 Å². The predicted molar refractivity (Wildman–Crippen MR) is 243 cm³/mol. The summed E-state index contributed by atoms with van der Waals surface area (Å²) in [4.78, 5) is 63.4. The van der Waals surface area contributed by atoms with E-state index < -0.39 is 86.6 Å². The van der Waals surface area contributed by atoms with Gasteiger partial charge < -0.3 is 30.3 Å². The zero-order valence-electron chi connectivity index (χ0n) is 38.3. The Morgan fingerprint density at radius 3 is 1.32 bits per heavy atom. The van der Waals surface area contributed by atoms with Gasteiger partial charge in [-0.3, -0.25) is 14.4 Å². The standard InChI is InChI=1S/C52H44F6N2O9/c1-25-9-15-41(39(17-25)51(53,54)55)68-44-26(2)18-32(19-27(44)3)50(6,7)33-20-28(4)45(29(5)21-33)69-42-16-12-34(24-40(42)52(56,57)58)60-47(63)38-23-31(11-14-36(38)49(66)67)43(61)30-10-13-35(48(64)65)37(22-30)46(62)59-8/h9-24H,1-8H3,(H,59,62)(H,60,63)(H,64,65)(H,66,67). The summed E-state index contributed by atoms with van der Waals surface area (Å²) in [5.74, 6) is -6.44. The van der Waals surface area contributed by atoms with Crippen LogP contribution in [0.25, 0.3) is 0 Å². The average molecular weight is 955 g/mol. The molecule has 0 aromatic heterocycles. The Hall–Kier alpha value is -7.95. The van der Waals surface area contributed by atoms with Crippen molar-refractivity contribution in [2.75, 3.05) is 12.4 Å². The largest absolute Gasteiger partial charge is 0.478 e. The smallest absolute Gasteiger partial charge is 0.420 e. The molecule has 0 heterocycles. The van der Waals surface area contributed by atoms with Crippen molar-refractivity contribution < 1.29 is 70.0 Å². The fraction of sp³-hybridized carbons (Fsp3) is 0.212. The van der Waals surface area contributed by atoms with Gasteiger partial charge in [-0.25, -0.2) is 9.59 Å². The Morgan fingerprint density at radius 2 is 0.913 bits per heavy atom. The molecule has 0 aliphatic carbocycles. The molecule has 2 amide bonds. The maximum absolute atomic E-state index is 14.7. The number of nitrogens with one attached hydrogen (secondary N) is 2. The van der Waals surface area contributed by atoms with E-state index in [1.54, 1.807) is 46.8 Å². The number of carbonyl (C=O) groups is 5. The highest BCUT2D eigenvalue weighted by Crippen LogP contribution is 2.45. The van der Waals surface area contributed by atoms with E-state index in [0.29, 0.717) is 33.9 Å². The third-order valence-corrected chi connectivity index (χ3v) is 11.5. The van der Waals surface area contributed by atoms with E-state index in [-0.39, 0.29) is 33.9 Å². The van der Waals surface area contributed by atoms with Crippen molar-refractivity contribution in [1.82, 2.24) is 5.32 Å². The second-order valence-corrected chi connectivity index (χ2v) is 16.9. The fourth-order valence-corrected chi connectivity index (χ4v) is 7.82. The molecule has 358 valence electrons. The summed E-state index contributed by atoms with van der Waals surface area (Å²) in [6.07, 6.45) is -9.67. The molecule has 0 unspecified atom stereocenters. The van der Waals surface area contributed by atoms with Gasteiger partial charge in [-0.2, -0.15) is 26.3 Å². The molecule has 17 heteroatoms. The minimum Gasteiger partial charge on any atom is -0.478 e. The first kappa shape index (κ1) is 50.5. The lowest BCUT2D eigenvalue weighted by Gasteiger charge is -2.29. The van der Waals surface area contributed by atoms with Crippen LogP contribution >= 0.6 is 0 Å². The van der Waals surface area contributed by atoms with Gasteiger partial charge in [0.05, 0.1) is 27.8 Å². The summed E-state index contributed by atoms with van der Waals surface area (Å²) in [5, 5.41) is 23.9. The van der Waals surface area contributed by atoms with E-state index >= 15 is 0 Å². The van der Waals surface area contributed by atoms with Gasteiger partial charge in [0.15, 0.2) is 5.78 Å². The van der Waals surface area contributed by atoms with Crippen molar-refractivity contribution in [3.63, 3.8) is 0 Å². The molecule has 6 aromatic rings.